The van der Waals surface area contributed by atoms with Crippen LogP contribution in [0.15, 0.2) is 5.16 Å². The zero-order valence-corrected chi connectivity index (χ0v) is 14.2. The van der Waals surface area contributed by atoms with E-state index in [0.29, 0.717) is 43.7 Å². The van der Waals surface area contributed by atoms with Crippen LogP contribution >= 0.6 is 11.8 Å². The molecule has 2 aliphatic rings. The van der Waals surface area contributed by atoms with Crippen LogP contribution in [0.3, 0.4) is 0 Å². The quantitative estimate of drug-likeness (QED) is 0.765. The molecule has 2 N–H and O–H groups in total. The second-order valence-electron chi connectivity index (χ2n) is 5.60. The summed E-state index contributed by atoms with van der Waals surface area (Å²) in [5, 5.41) is 5.89. The van der Waals surface area contributed by atoms with E-state index in [-0.39, 0.29) is 11.9 Å². The van der Waals surface area contributed by atoms with Gasteiger partial charge in [0.2, 0.25) is 16.0 Å². The van der Waals surface area contributed by atoms with Crippen LogP contribution in [-0.2, 0) is 19.5 Å². The Kier molecular flexibility index (Phi) is 4.04. The molecule has 0 unspecified atom stereocenters. The fourth-order valence-corrected chi connectivity index (χ4v) is 3.91. The highest BCUT2D eigenvalue weighted by atomic mass is 32.2. The highest BCUT2D eigenvalue weighted by molar-refractivity contribution is 7.98. The predicted molar refractivity (Wildman–Crippen MR) is 83.3 cm³/mol. The monoisotopic (exact) mass is 345 g/mol. The van der Waals surface area contributed by atoms with E-state index in [9.17, 15) is 8.42 Å². The molecule has 0 amide bonds. The maximum atomic E-state index is 11.9. The molecule has 0 spiro atoms. The van der Waals surface area contributed by atoms with Crippen molar-refractivity contribution in [2.75, 3.05) is 30.9 Å². The Balaban J connectivity index is 2.04. The number of nitrogens with zero attached hydrogens (tertiary/aromatic N) is 4. The van der Waals surface area contributed by atoms with Gasteiger partial charge in [0.15, 0.2) is 11.0 Å². The highest BCUT2D eigenvalue weighted by Gasteiger charge is 2.57. The summed E-state index contributed by atoms with van der Waals surface area (Å²) in [6.07, 6.45) is 2.77. The highest BCUT2D eigenvalue weighted by Crippen LogP contribution is 2.50. The smallest absolute Gasteiger partial charge is 0.230 e. The molecule has 8 nitrogen and oxygen atoms in total. The van der Waals surface area contributed by atoms with Gasteiger partial charge in [-0.2, -0.15) is 9.97 Å². The van der Waals surface area contributed by atoms with Gasteiger partial charge >= 0.3 is 0 Å². The Morgan fingerprint density at radius 1 is 1.36 bits per heavy atom. The minimum atomic E-state index is -3.74. The Bertz CT molecular complexity index is 677. The van der Waals surface area contributed by atoms with E-state index in [4.69, 9.17) is 9.88 Å². The van der Waals surface area contributed by atoms with Gasteiger partial charge in [-0.15, -0.1) is 0 Å². The van der Waals surface area contributed by atoms with Crippen LogP contribution in [0.1, 0.15) is 25.6 Å². The lowest BCUT2D eigenvalue weighted by molar-refractivity contribution is 0.0979. The topological polar surface area (TPSA) is 111 Å². The van der Waals surface area contributed by atoms with Gasteiger partial charge in [0.25, 0.3) is 0 Å². The lowest BCUT2D eigenvalue weighted by Crippen LogP contribution is -2.45. The Morgan fingerprint density at radius 2 is 2.09 bits per heavy atom. The van der Waals surface area contributed by atoms with Crippen molar-refractivity contribution in [3.63, 3.8) is 0 Å². The summed E-state index contributed by atoms with van der Waals surface area (Å²) in [6, 6.07) is 0.128. The van der Waals surface area contributed by atoms with Crippen molar-refractivity contribution in [3.05, 3.63) is 5.82 Å². The van der Waals surface area contributed by atoms with Crippen molar-refractivity contribution < 1.29 is 13.2 Å². The van der Waals surface area contributed by atoms with Crippen molar-refractivity contribution in [3.8, 4) is 0 Å². The molecule has 1 aromatic rings. The summed E-state index contributed by atoms with van der Waals surface area (Å²) in [7, 11) is -3.74. The molecule has 1 aliphatic heterocycles. The van der Waals surface area contributed by atoms with Crippen molar-refractivity contribution >= 4 is 27.7 Å². The van der Waals surface area contributed by atoms with Gasteiger partial charge in [0, 0.05) is 6.54 Å². The molecule has 3 rings (SSSR count). The number of nitrogens with two attached hydrogens (primary N) is 1. The normalized spacial score (nSPS) is 24.3. The fraction of sp³-hybridized carbons (Fsp3) is 0.750. The molecule has 0 bridgehead atoms. The SMILES string of the molecule is CSc1nc(N2CCOC[C@H]2C)nc(C2(S(N)(=O)=O)CC2)n1. The Labute approximate surface area is 133 Å². The summed E-state index contributed by atoms with van der Waals surface area (Å²) in [5.41, 5.74) is 0. The molecule has 1 aliphatic carbocycles. The van der Waals surface area contributed by atoms with Gasteiger partial charge in [-0.3, -0.25) is 0 Å². The van der Waals surface area contributed by atoms with E-state index >= 15 is 0 Å². The van der Waals surface area contributed by atoms with E-state index < -0.39 is 14.8 Å². The Morgan fingerprint density at radius 3 is 2.64 bits per heavy atom. The standard InChI is InChI=1S/C12H19N5O3S2/c1-8-7-20-6-5-17(8)10-14-9(15-11(16-10)21-2)12(3-4-12)22(13,18)19/h8H,3-7H2,1-2H3,(H2,13,18,19)/t8-/m1/s1. The number of hydrogen-bond donors (Lipinski definition) is 1. The van der Waals surface area contributed by atoms with Crippen LogP contribution < -0.4 is 10.0 Å². The largest absolute Gasteiger partial charge is 0.377 e. The van der Waals surface area contributed by atoms with Crippen molar-refractivity contribution in [1.82, 2.24) is 15.0 Å². The molecule has 0 aromatic carbocycles. The molecule has 1 aromatic heterocycles. The molecule has 1 saturated heterocycles. The molecular formula is C12H19N5O3S2. The summed E-state index contributed by atoms with van der Waals surface area (Å²) < 4.78 is 28.1. The average Bonchev–Trinajstić information content (AvgIpc) is 3.28. The maximum absolute atomic E-state index is 11.9. The van der Waals surface area contributed by atoms with Crippen molar-refractivity contribution in [1.29, 1.82) is 0 Å². The second-order valence-corrected chi connectivity index (χ2v) is 8.25. The number of primary sulfonamides is 1. The molecule has 0 radical (unpaired) electrons. The number of ether oxygens (including phenoxy) is 1. The number of hydrogen-bond acceptors (Lipinski definition) is 8. The number of aromatic nitrogens is 3. The fourth-order valence-electron chi connectivity index (χ4n) is 2.54. The van der Waals surface area contributed by atoms with E-state index in [1.807, 2.05) is 18.1 Å². The van der Waals surface area contributed by atoms with Crippen LogP contribution in [0, 0.1) is 0 Å². The summed E-state index contributed by atoms with van der Waals surface area (Å²) in [6.45, 7) is 3.88. The Hall–Kier alpha value is -0.970. The maximum Gasteiger partial charge on any atom is 0.230 e. The minimum absolute atomic E-state index is 0.128. The van der Waals surface area contributed by atoms with Gasteiger partial charge in [-0.1, -0.05) is 11.8 Å². The lowest BCUT2D eigenvalue weighted by Gasteiger charge is -2.33. The first-order chi connectivity index (χ1) is 10.4. The summed E-state index contributed by atoms with van der Waals surface area (Å²) in [5.74, 6) is 0.767. The number of sulfonamides is 1. The molecule has 1 atom stereocenters. The van der Waals surface area contributed by atoms with Crippen LogP contribution in [0.5, 0.6) is 0 Å². The van der Waals surface area contributed by atoms with E-state index in [1.54, 1.807) is 0 Å². The average molecular weight is 345 g/mol. The molecule has 22 heavy (non-hydrogen) atoms. The van der Waals surface area contributed by atoms with Gasteiger partial charge in [-0.25, -0.2) is 18.5 Å². The first-order valence-electron chi connectivity index (χ1n) is 7.05. The first kappa shape index (κ1) is 15.9. The number of morpholine rings is 1. The van der Waals surface area contributed by atoms with E-state index in [1.165, 1.54) is 11.8 Å². The third kappa shape index (κ3) is 2.68. The summed E-state index contributed by atoms with van der Waals surface area (Å²) in [4.78, 5) is 15.2. The summed E-state index contributed by atoms with van der Waals surface area (Å²) >= 11 is 1.36. The van der Waals surface area contributed by atoms with Crippen LogP contribution in [0.4, 0.5) is 5.95 Å². The van der Waals surface area contributed by atoms with Crippen LogP contribution in [0.2, 0.25) is 0 Å². The molecule has 2 fully saturated rings. The first-order valence-corrected chi connectivity index (χ1v) is 9.82. The second kappa shape index (κ2) is 5.59. The number of anilines is 1. The van der Waals surface area contributed by atoms with Crippen LogP contribution in [0.25, 0.3) is 0 Å². The predicted octanol–water partition coefficient (Wildman–Crippen LogP) is 0.0962. The van der Waals surface area contributed by atoms with Gasteiger partial charge in [0.05, 0.1) is 19.3 Å². The zero-order chi connectivity index (χ0) is 16.0. The van der Waals surface area contributed by atoms with Gasteiger partial charge in [-0.05, 0) is 26.0 Å². The lowest BCUT2D eigenvalue weighted by atomic mass is 10.3. The zero-order valence-electron chi connectivity index (χ0n) is 12.5. The molecule has 122 valence electrons. The van der Waals surface area contributed by atoms with Crippen LogP contribution in [-0.4, -0.2) is 55.4 Å². The molecule has 2 heterocycles. The molecule has 1 saturated carbocycles. The van der Waals surface area contributed by atoms with E-state index in [2.05, 4.69) is 15.0 Å². The third-order valence-corrected chi connectivity index (χ3v) is 6.29. The van der Waals surface area contributed by atoms with Crippen molar-refractivity contribution in [2.45, 2.75) is 35.7 Å². The minimum Gasteiger partial charge on any atom is -0.377 e. The number of thioether (sulfide) groups is 1. The molecular weight excluding hydrogens is 326 g/mol. The van der Waals surface area contributed by atoms with Crippen molar-refractivity contribution in [2.24, 2.45) is 5.14 Å². The number of rotatable bonds is 4. The molecule has 10 heteroatoms. The van der Waals surface area contributed by atoms with Gasteiger partial charge < -0.3 is 9.64 Å². The van der Waals surface area contributed by atoms with E-state index in [0.717, 1.165) is 0 Å². The van der Waals surface area contributed by atoms with Gasteiger partial charge in [0.1, 0.15) is 4.75 Å². The third-order valence-electron chi connectivity index (χ3n) is 4.07.